The summed E-state index contributed by atoms with van der Waals surface area (Å²) in [6, 6.07) is 17.0. The standard InChI is InChI=1S/C42H59N7O6.C33H56N8O7/c1-8-29(5)37(47-39(51)33-22-24-49(55)25-23-33)42(54)48(7)35(21-20-31-16-12-10-13-17-31)40(52)45-34(26-32-18-14-11-15-19-32)27-44-30(6)38(50)46-36(28(3)4)41(53)43-9-2;1-9-21(7)28(40-30(44)23-13-15-41(48)16-14-23)33(47)38-25(11-12-26(34)42)31(45)37-24(17-19(3)4)18-36-22(8)29(43)39-27(20(5)6)32(46)35-10-2/h10-19,22-25,28-30,34-37,44H,8-9,20-21,26-27H2,1-7H3,(H,43,53)(H,45,52)(H,46,50)(H,47,51);13-16,19-22,24-25,27-28,36H,9-12,17-18H2,1-8H3,(H2,34,42)(H,35,46)(H,37,45)(H,38,47)(H,39,43)(H,40,44)/t29-,30-,34-,35-,36-,37-;21-,22-,24-,25-,27-,28-/m00/s1. The number of nitrogens with one attached hydrogen (secondary N) is 11. The second-order valence-electron chi connectivity index (χ2n) is 27.4. The highest BCUT2D eigenvalue weighted by atomic mass is 16.5. The summed E-state index contributed by atoms with van der Waals surface area (Å²) in [5.41, 5.74) is 7.76. The highest BCUT2D eigenvalue weighted by Crippen LogP contribution is 2.19. The second kappa shape index (κ2) is 45.4. The molecule has 12 atom stereocenters. The van der Waals surface area contributed by atoms with Crippen LogP contribution in [0.5, 0.6) is 0 Å². The van der Waals surface area contributed by atoms with Gasteiger partial charge in [0.1, 0.15) is 36.3 Å². The van der Waals surface area contributed by atoms with Gasteiger partial charge in [0.15, 0.2) is 24.8 Å². The summed E-state index contributed by atoms with van der Waals surface area (Å²) in [6.07, 6.45) is 7.42. The molecular weight excluding hydrogens is 1320 g/mol. The van der Waals surface area contributed by atoms with E-state index in [1.807, 2.05) is 130 Å². The Bertz CT molecular complexity index is 3330. The minimum Gasteiger partial charge on any atom is -0.619 e. The summed E-state index contributed by atoms with van der Waals surface area (Å²) in [6.45, 7) is 27.1. The lowest BCUT2D eigenvalue weighted by molar-refractivity contribution is -0.605. The van der Waals surface area contributed by atoms with Crippen molar-refractivity contribution < 1.29 is 62.2 Å². The number of likely N-dealkylation sites (N-methyl/N-ethyl adjacent to an activating group) is 3. The molecule has 0 unspecified atom stereocenters. The van der Waals surface area contributed by atoms with Gasteiger partial charge in [-0.3, -0.25) is 52.7 Å². The summed E-state index contributed by atoms with van der Waals surface area (Å²) in [7, 11) is 1.58. The van der Waals surface area contributed by atoms with Gasteiger partial charge in [-0.25, -0.2) is 0 Å². The Morgan fingerprint density at radius 3 is 1.32 bits per heavy atom. The smallest absolute Gasteiger partial charge is 0.252 e. The number of pyridine rings is 2. The molecule has 0 fully saturated rings. The van der Waals surface area contributed by atoms with Gasteiger partial charge in [-0.15, -0.1) is 0 Å². The van der Waals surface area contributed by atoms with E-state index in [1.54, 1.807) is 34.7 Å². The van der Waals surface area contributed by atoms with Gasteiger partial charge >= 0.3 is 0 Å². The molecule has 2 aromatic carbocycles. The third kappa shape index (κ3) is 30.9. The number of nitrogens with two attached hydrogens (primary N) is 1. The average molecular weight is 1430 g/mol. The lowest BCUT2D eigenvalue weighted by Crippen LogP contribution is -2.58. The van der Waals surface area contributed by atoms with Gasteiger partial charge in [0.2, 0.25) is 53.2 Å². The quantitative estimate of drug-likeness (QED) is 0.0224. The molecule has 568 valence electrons. The average Bonchev–Trinajstić information content (AvgIpc) is 0.830. The third-order valence-electron chi connectivity index (χ3n) is 17.8. The van der Waals surface area contributed by atoms with Gasteiger partial charge in [-0.2, -0.15) is 9.46 Å². The van der Waals surface area contributed by atoms with Gasteiger partial charge in [0, 0.05) is 76.0 Å². The van der Waals surface area contributed by atoms with Crippen molar-refractivity contribution in [2.75, 3.05) is 33.2 Å². The van der Waals surface area contributed by atoms with Crippen LogP contribution in [0.2, 0.25) is 0 Å². The Labute approximate surface area is 607 Å². The zero-order valence-electron chi connectivity index (χ0n) is 62.8. The number of nitrogens with zero attached hydrogens (tertiary/aromatic N) is 3. The van der Waals surface area contributed by atoms with E-state index in [-0.39, 0.29) is 96.2 Å². The van der Waals surface area contributed by atoms with Crippen molar-refractivity contribution in [3.8, 4) is 0 Å². The number of hydrogen-bond donors (Lipinski definition) is 12. The Balaban J connectivity index is 0.000000541. The third-order valence-corrected chi connectivity index (χ3v) is 17.8. The van der Waals surface area contributed by atoms with Crippen LogP contribution in [-0.2, 0) is 56.0 Å². The maximum Gasteiger partial charge on any atom is 0.252 e. The molecule has 0 radical (unpaired) electrons. The van der Waals surface area contributed by atoms with Crippen LogP contribution < -0.4 is 73.7 Å². The van der Waals surface area contributed by atoms with Gasteiger partial charge in [0.05, 0.1) is 23.2 Å². The second-order valence-corrected chi connectivity index (χ2v) is 27.4. The topological polar surface area (TPSA) is 403 Å². The molecule has 13 N–H and O–H groups in total. The largest absolute Gasteiger partial charge is 0.619 e. The van der Waals surface area contributed by atoms with Crippen LogP contribution in [-0.4, -0.2) is 164 Å². The molecule has 0 aliphatic rings. The number of aromatic nitrogens is 2. The summed E-state index contributed by atoms with van der Waals surface area (Å²) < 4.78 is 1.11. The molecule has 28 nitrogen and oxygen atoms in total. The summed E-state index contributed by atoms with van der Waals surface area (Å²) >= 11 is 0. The fourth-order valence-electron chi connectivity index (χ4n) is 11.1. The van der Waals surface area contributed by atoms with Crippen LogP contribution in [0.25, 0.3) is 0 Å². The highest BCUT2D eigenvalue weighted by Gasteiger charge is 2.37. The number of benzene rings is 2. The fraction of sp³-hybridized carbons (Fsp3) is 0.560. The van der Waals surface area contributed by atoms with E-state index >= 15 is 0 Å². The van der Waals surface area contributed by atoms with Crippen LogP contribution in [0.15, 0.2) is 110 Å². The van der Waals surface area contributed by atoms with Crippen molar-refractivity contribution in [1.29, 1.82) is 0 Å². The number of carbonyl (C=O) groups excluding carboxylic acids is 11. The van der Waals surface area contributed by atoms with Crippen molar-refractivity contribution in [1.82, 2.24) is 63.4 Å². The zero-order valence-corrected chi connectivity index (χ0v) is 62.8. The molecule has 0 saturated heterocycles. The Morgan fingerprint density at radius 1 is 0.466 bits per heavy atom. The number of aryl methyl sites for hydroxylation is 1. The Morgan fingerprint density at radius 2 is 0.893 bits per heavy atom. The number of rotatable bonds is 42. The first-order valence-electron chi connectivity index (χ1n) is 35.9. The molecule has 0 bridgehead atoms. The lowest BCUT2D eigenvalue weighted by atomic mass is 9.95. The lowest BCUT2D eigenvalue weighted by Gasteiger charge is -2.34. The van der Waals surface area contributed by atoms with Crippen LogP contribution >= 0.6 is 0 Å². The molecule has 11 amide bonds. The molecule has 0 spiro atoms. The molecule has 0 saturated carbocycles. The van der Waals surface area contributed by atoms with Crippen molar-refractivity contribution in [2.24, 2.45) is 35.3 Å². The molecule has 4 aromatic rings. The van der Waals surface area contributed by atoms with Gasteiger partial charge < -0.3 is 79.5 Å². The van der Waals surface area contributed by atoms with E-state index in [4.69, 9.17) is 5.73 Å². The normalized spacial score (nSPS) is 14.7. The molecule has 28 heteroatoms. The monoisotopic (exact) mass is 1430 g/mol. The van der Waals surface area contributed by atoms with Crippen molar-refractivity contribution in [2.45, 2.75) is 209 Å². The molecular formula is C75H115N15O13. The maximum absolute atomic E-state index is 14.4. The Hall–Kier alpha value is -9.57. The van der Waals surface area contributed by atoms with E-state index in [0.717, 1.165) is 11.1 Å². The first-order chi connectivity index (χ1) is 48.7. The minimum absolute atomic E-state index is 0.0761. The molecule has 2 aromatic heterocycles. The van der Waals surface area contributed by atoms with E-state index in [0.29, 0.717) is 61.1 Å². The van der Waals surface area contributed by atoms with Gasteiger partial charge in [0.25, 0.3) is 11.8 Å². The molecule has 0 aliphatic carbocycles. The first-order valence-corrected chi connectivity index (χ1v) is 35.9. The van der Waals surface area contributed by atoms with Crippen LogP contribution in [0, 0.1) is 40.0 Å². The molecule has 103 heavy (non-hydrogen) atoms. The van der Waals surface area contributed by atoms with E-state index in [2.05, 4.69) is 58.5 Å². The minimum atomic E-state index is -1.15. The zero-order chi connectivity index (χ0) is 77.0. The predicted octanol–water partition coefficient (Wildman–Crippen LogP) is 2.91. The summed E-state index contributed by atoms with van der Waals surface area (Å²) in [5, 5.41) is 54.8. The number of hydrogen-bond acceptors (Lipinski definition) is 15. The van der Waals surface area contributed by atoms with Crippen molar-refractivity contribution in [3.05, 3.63) is 142 Å². The van der Waals surface area contributed by atoms with E-state index < -0.39 is 95.9 Å². The van der Waals surface area contributed by atoms with Gasteiger partial charge in [-0.05, 0) is 101 Å². The molecule has 2 heterocycles. The SMILES string of the molecule is CCNC(=O)[C@@H](NC(=O)[C@H](C)NC[C@H](CC(C)C)NC(=O)[C@H](CCC(N)=O)NC(=O)[C@@H](NC(=O)c1cc[n+]([O-])cc1)[C@@H](C)CC)C(C)C.CCNC(=O)[C@@H](NC(=O)[C@H](C)NC[C@H](Cc1ccccc1)NC(=O)[C@H](CCc1ccccc1)N(C)C(=O)[C@@H](NC(=O)c1cc[n+]([O-])cc1)[C@@H](C)CC)C(C)C. The fourth-order valence-corrected chi connectivity index (χ4v) is 11.1. The highest BCUT2D eigenvalue weighted by molar-refractivity contribution is 6.00. The van der Waals surface area contributed by atoms with Crippen LogP contribution in [0.1, 0.15) is 167 Å². The van der Waals surface area contributed by atoms with Crippen LogP contribution in [0.3, 0.4) is 0 Å². The summed E-state index contributed by atoms with van der Waals surface area (Å²) in [4.78, 5) is 146. The Kier molecular flexibility index (Phi) is 38.6. The number of carbonyl (C=O) groups is 11. The molecule has 4 rings (SSSR count). The molecule has 0 aliphatic heterocycles. The first kappa shape index (κ1) is 87.6. The van der Waals surface area contributed by atoms with Gasteiger partial charge in [-0.1, -0.05) is 143 Å². The van der Waals surface area contributed by atoms with Crippen LogP contribution in [0.4, 0.5) is 0 Å². The summed E-state index contributed by atoms with van der Waals surface area (Å²) in [5.74, 6) is -5.62. The van der Waals surface area contributed by atoms with Crippen molar-refractivity contribution >= 4 is 65.0 Å². The predicted molar refractivity (Wildman–Crippen MR) is 393 cm³/mol. The van der Waals surface area contributed by atoms with E-state index in [9.17, 15) is 63.2 Å². The van der Waals surface area contributed by atoms with Crippen molar-refractivity contribution in [3.63, 3.8) is 0 Å². The number of amides is 11. The van der Waals surface area contributed by atoms with E-state index in [1.165, 1.54) is 54.0 Å². The number of primary amides is 1. The maximum atomic E-state index is 14.4.